The summed E-state index contributed by atoms with van der Waals surface area (Å²) in [6, 6.07) is 10.1. The van der Waals surface area contributed by atoms with Gasteiger partial charge in [-0.25, -0.2) is 4.98 Å². The summed E-state index contributed by atoms with van der Waals surface area (Å²) in [5.41, 5.74) is 1.50. The van der Waals surface area contributed by atoms with E-state index in [-0.39, 0.29) is 11.6 Å². The van der Waals surface area contributed by atoms with E-state index in [1.54, 1.807) is 0 Å². The Morgan fingerprint density at radius 3 is 2.88 bits per heavy atom. The van der Waals surface area contributed by atoms with Gasteiger partial charge in [-0.2, -0.15) is 0 Å². The Morgan fingerprint density at radius 2 is 2.06 bits per heavy atom. The molecule has 1 atom stereocenters. The molecule has 0 bridgehead atoms. The molecule has 0 spiro atoms. The quantitative estimate of drug-likeness (QED) is 0.689. The molecule has 3 N–H and O–H groups in total. The highest BCUT2D eigenvalue weighted by molar-refractivity contribution is 5.66. The Balaban J connectivity index is 1.96. The number of H-pyrrole nitrogens is 1. The third-order valence-electron chi connectivity index (χ3n) is 2.85. The van der Waals surface area contributed by atoms with Crippen LogP contribution >= 0.6 is 0 Å². The summed E-state index contributed by atoms with van der Waals surface area (Å²) in [5, 5.41) is 6.37. The van der Waals surface area contributed by atoms with Gasteiger partial charge in [0.05, 0.1) is 12.4 Å². The number of aromatic amines is 1. The number of nitrogens with one attached hydrogen (secondary N) is 3. The lowest BCUT2D eigenvalue weighted by molar-refractivity contribution is 0.789. The van der Waals surface area contributed by atoms with Gasteiger partial charge >= 0.3 is 0 Å². The first-order valence-corrected chi connectivity index (χ1v) is 5.47. The third-order valence-corrected chi connectivity index (χ3v) is 2.85. The number of rotatable bonds is 1. The molecule has 1 aromatic heterocycles. The molecule has 0 saturated carbocycles. The number of nitrogens with zero attached hydrogens (tertiary/aromatic N) is 1. The minimum Gasteiger partial charge on any atom is -0.369 e. The van der Waals surface area contributed by atoms with E-state index in [0.717, 1.165) is 5.56 Å². The highest BCUT2D eigenvalue weighted by atomic mass is 16.1. The fraction of sp³-hybridized carbons (Fsp3) is 0.167. The molecule has 2 heterocycles. The fourth-order valence-corrected chi connectivity index (χ4v) is 1.98. The lowest BCUT2D eigenvalue weighted by Crippen LogP contribution is -2.31. The molecule has 2 aromatic rings. The zero-order valence-corrected chi connectivity index (χ0v) is 9.10. The number of anilines is 2. The maximum absolute atomic E-state index is 11.6. The summed E-state index contributed by atoms with van der Waals surface area (Å²) >= 11 is 0. The van der Waals surface area contributed by atoms with Crippen LogP contribution in [-0.2, 0) is 0 Å². The highest BCUT2D eigenvalue weighted by Gasteiger charge is 2.21. The first kappa shape index (κ1) is 9.89. The van der Waals surface area contributed by atoms with Gasteiger partial charge in [-0.3, -0.25) is 4.79 Å². The second-order valence-electron chi connectivity index (χ2n) is 3.94. The first-order valence-electron chi connectivity index (χ1n) is 5.47. The van der Waals surface area contributed by atoms with Gasteiger partial charge in [0.15, 0.2) is 5.82 Å². The van der Waals surface area contributed by atoms with Crippen molar-refractivity contribution < 1.29 is 0 Å². The highest BCUT2D eigenvalue weighted by Crippen LogP contribution is 2.26. The number of fused-ring (bicyclic) bond motifs is 1. The molecule has 0 amide bonds. The Hall–Kier alpha value is -2.30. The van der Waals surface area contributed by atoms with E-state index in [9.17, 15) is 4.79 Å². The molecule has 1 aromatic carbocycles. The van der Waals surface area contributed by atoms with Crippen molar-refractivity contribution in [3.8, 4) is 0 Å². The molecular formula is C12H12N4O. The largest absolute Gasteiger partial charge is 0.369 e. The van der Waals surface area contributed by atoms with Crippen LogP contribution in [0.3, 0.4) is 0 Å². The van der Waals surface area contributed by atoms with E-state index < -0.39 is 0 Å². The lowest BCUT2D eigenvalue weighted by Gasteiger charge is -2.26. The average molecular weight is 228 g/mol. The van der Waals surface area contributed by atoms with E-state index in [4.69, 9.17) is 0 Å². The van der Waals surface area contributed by atoms with Crippen molar-refractivity contribution in [2.24, 2.45) is 0 Å². The summed E-state index contributed by atoms with van der Waals surface area (Å²) in [6.07, 6.45) is 1.40. The van der Waals surface area contributed by atoms with Crippen molar-refractivity contribution in [3.63, 3.8) is 0 Å². The standard InChI is InChI=1S/C12H12N4O/c17-12-10-11(14-7-15-12)13-6-9(16-10)8-4-2-1-3-5-8/h1-5,7,9,16H,6H2,(H2,13,14,15,17). The van der Waals surface area contributed by atoms with Crippen LogP contribution in [0.25, 0.3) is 0 Å². The summed E-state index contributed by atoms with van der Waals surface area (Å²) < 4.78 is 0. The van der Waals surface area contributed by atoms with Crippen LogP contribution in [0.1, 0.15) is 11.6 Å². The van der Waals surface area contributed by atoms with Gasteiger partial charge in [-0.15, -0.1) is 0 Å². The summed E-state index contributed by atoms with van der Waals surface area (Å²) in [6.45, 7) is 0.716. The Kier molecular flexibility index (Phi) is 2.29. The van der Waals surface area contributed by atoms with Crippen LogP contribution in [0.5, 0.6) is 0 Å². The molecule has 1 aliphatic rings. The van der Waals surface area contributed by atoms with Crippen molar-refractivity contribution in [3.05, 3.63) is 52.6 Å². The molecule has 0 radical (unpaired) electrons. The Bertz CT molecular complexity index is 579. The molecular weight excluding hydrogens is 216 g/mol. The molecule has 0 saturated heterocycles. The van der Waals surface area contributed by atoms with Gasteiger partial charge in [0.2, 0.25) is 0 Å². The maximum Gasteiger partial charge on any atom is 0.276 e. The molecule has 3 rings (SSSR count). The molecule has 0 fully saturated rings. The number of benzene rings is 1. The Labute approximate surface area is 97.9 Å². The normalized spacial score (nSPS) is 17.8. The SMILES string of the molecule is O=c1[nH]cnc2c1NC(c1ccccc1)CN2. The van der Waals surface area contributed by atoms with Crippen LogP contribution in [0.2, 0.25) is 0 Å². The summed E-state index contributed by atoms with van der Waals surface area (Å²) in [7, 11) is 0. The average Bonchev–Trinajstić information content (AvgIpc) is 2.40. The minimum atomic E-state index is -0.150. The Morgan fingerprint density at radius 1 is 1.24 bits per heavy atom. The van der Waals surface area contributed by atoms with Crippen LogP contribution < -0.4 is 16.2 Å². The smallest absolute Gasteiger partial charge is 0.276 e. The molecule has 86 valence electrons. The van der Waals surface area contributed by atoms with Crippen molar-refractivity contribution in [1.29, 1.82) is 0 Å². The maximum atomic E-state index is 11.6. The van der Waals surface area contributed by atoms with E-state index in [1.165, 1.54) is 6.33 Å². The molecule has 1 unspecified atom stereocenters. The van der Waals surface area contributed by atoms with Crippen molar-refractivity contribution in [1.82, 2.24) is 9.97 Å². The van der Waals surface area contributed by atoms with Crippen LogP contribution in [-0.4, -0.2) is 16.5 Å². The number of hydrogen-bond acceptors (Lipinski definition) is 4. The van der Waals surface area contributed by atoms with E-state index in [1.807, 2.05) is 30.3 Å². The van der Waals surface area contributed by atoms with Crippen molar-refractivity contribution in [2.75, 3.05) is 17.2 Å². The topological polar surface area (TPSA) is 69.8 Å². The fourth-order valence-electron chi connectivity index (χ4n) is 1.98. The summed E-state index contributed by atoms with van der Waals surface area (Å²) in [5.74, 6) is 0.612. The van der Waals surface area contributed by atoms with Gasteiger partial charge < -0.3 is 15.6 Å². The van der Waals surface area contributed by atoms with E-state index in [0.29, 0.717) is 18.1 Å². The van der Waals surface area contributed by atoms with Gasteiger partial charge in [-0.1, -0.05) is 30.3 Å². The van der Waals surface area contributed by atoms with E-state index >= 15 is 0 Å². The van der Waals surface area contributed by atoms with Gasteiger partial charge in [0.25, 0.3) is 5.56 Å². The van der Waals surface area contributed by atoms with Crippen LogP contribution in [0.4, 0.5) is 11.5 Å². The predicted octanol–water partition coefficient (Wildman–Crippen LogP) is 1.35. The number of hydrogen-bond donors (Lipinski definition) is 3. The molecule has 1 aliphatic heterocycles. The third kappa shape index (κ3) is 1.75. The molecule has 0 aliphatic carbocycles. The first-order chi connectivity index (χ1) is 8.34. The zero-order chi connectivity index (χ0) is 11.7. The van der Waals surface area contributed by atoms with Crippen molar-refractivity contribution >= 4 is 11.5 Å². The number of aromatic nitrogens is 2. The lowest BCUT2D eigenvalue weighted by atomic mass is 10.1. The second-order valence-corrected chi connectivity index (χ2v) is 3.94. The van der Waals surface area contributed by atoms with Gasteiger partial charge in [-0.05, 0) is 5.56 Å². The zero-order valence-electron chi connectivity index (χ0n) is 9.10. The second kappa shape index (κ2) is 3.93. The molecule has 5 nitrogen and oxygen atoms in total. The monoisotopic (exact) mass is 228 g/mol. The van der Waals surface area contributed by atoms with Gasteiger partial charge in [0, 0.05) is 6.54 Å². The van der Waals surface area contributed by atoms with Gasteiger partial charge in [0.1, 0.15) is 5.69 Å². The van der Waals surface area contributed by atoms with E-state index in [2.05, 4.69) is 20.6 Å². The molecule has 5 heteroatoms. The summed E-state index contributed by atoms with van der Waals surface area (Å²) in [4.78, 5) is 18.3. The van der Waals surface area contributed by atoms with Crippen LogP contribution in [0.15, 0.2) is 41.5 Å². The molecule has 17 heavy (non-hydrogen) atoms. The predicted molar refractivity (Wildman–Crippen MR) is 66.2 cm³/mol. The van der Waals surface area contributed by atoms with Crippen molar-refractivity contribution in [2.45, 2.75) is 6.04 Å². The van der Waals surface area contributed by atoms with Crippen LogP contribution in [0, 0.1) is 0 Å². The minimum absolute atomic E-state index is 0.0917.